The van der Waals surface area contributed by atoms with Gasteiger partial charge in [-0.1, -0.05) is 38.1 Å². The maximum absolute atomic E-state index is 14.8. The van der Waals surface area contributed by atoms with Crippen LogP contribution in [-0.4, -0.2) is 201 Å². The lowest BCUT2D eigenvalue weighted by Gasteiger charge is -2.48. The van der Waals surface area contributed by atoms with Crippen molar-refractivity contribution in [3.8, 4) is 0 Å². The molecule has 3 fully saturated rings. The number of aliphatic hydroxyl groups excluding tert-OH is 3. The minimum atomic E-state index is -1.82. The number of carbonyl (C=O) groups excluding carboxylic acids is 1. The van der Waals surface area contributed by atoms with Crippen LogP contribution in [0.2, 0.25) is 0 Å². The van der Waals surface area contributed by atoms with Gasteiger partial charge in [0.2, 0.25) is 0 Å². The Morgan fingerprint density at radius 2 is 1.66 bits per heavy atom. The Hall–Kier alpha value is -2.41. The molecule has 1 aromatic carbocycles. The van der Waals surface area contributed by atoms with Crippen LogP contribution in [0.5, 0.6) is 0 Å². The van der Waals surface area contributed by atoms with E-state index in [-0.39, 0.29) is 43.9 Å². The van der Waals surface area contributed by atoms with E-state index in [4.69, 9.17) is 33.2 Å². The third kappa shape index (κ3) is 15.2. The fourth-order valence-corrected chi connectivity index (χ4v) is 12.1. The number of aromatic nitrogens is 3. The molecule has 0 saturated carbocycles. The molecule has 0 unspecified atom stereocenters. The molecule has 0 radical (unpaired) electrons. The van der Waals surface area contributed by atoms with Crippen molar-refractivity contribution in [1.82, 2.24) is 24.8 Å². The summed E-state index contributed by atoms with van der Waals surface area (Å²) in [5.41, 5.74) is -2.91. The summed E-state index contributed by atoms with van der Waals surface area (Å²) in [5.74, 6) is -1.99. The molecule has 2 aromatic rings. The summed E-state index contributed by atoms with van der Waals surface area (Å²) < 4.78 is 60.8. The average Bonchev–Trinajstić information content (AvgIpc) is 3.82. The first kappa shape index (κ1) is 61.4. The molecule has 3 aliphatic heterocycles. The van der Waals surface area contributed by atoms with Gasteiger partial charge in [0.05, 0.1) is 53.8 Å². The average molecular weight is 1060 g/mol. The topological polar surface area (TPSA) is 220 Å². The van der Waals surface area contributed by atoms with Crippen molar-refractivity contribution in [2.24, 2.45) is 17.8 Å². The van der Waals surface area contributed by atoms with Crippen LogP contribution in [0.4, 0.5) is 4.39 Å². The van der Waals surface area contributed by atoms with E-state index in [1.165, 1.54) is 30.5 Å². The molecule has 5 rings (SSSR count). The Balaban J connectivity index is 1.41. The SMILES string of the molecule is CC[C@H]1OC(=O)[C@H](C)[C@@H](O[C@H]2C[C@@](C)(OC)[C@@H](O)[C@H](C)O2)[C@H](C)[C@@H](O[C@H]2C[C@@H](N(C)CCc3cn([C@H](CF)[C@H](OC)c4ccc(SCCO)cc4)nn3)C[C@@H](C)O2)[C@](C)(O)C[C@@H](C)CN(C)[C@H](C)[C@@H](O)[C@]1(C)O. The van der Waals surface area contributed by atoms with Gasteiger partial charge in [0.25, 0.3) is 0 Å². The third-order valence-corrected chi connectivity index (χ3v) is 17.0. The van der Waals surface area contributed by atoms with Crippen molar-refractivity contribution in [3.05, 3.63) is 41.7 Å². The van der Waals surface area contributed by atoms with E-state index in [2.05, 4.69) is 15.2 Å². The second kappa shape index (κ2) is 26.8. The van der Waals surface area contributed by atoms with Crippen LogP contribution in [0, 0.1) is 17.8 Å². The molecular weight excluding hydrogens is 966 g/mol. The first-order valence-corrected chi connectivity index (χ1v) is 27.2. The Kier molecular flexibility index (Phi) is 22.5. The van der Waals surface area contributed by atoms with Crippen molar-refractivity contribution >= 4 is 17.7 Å². The lowest BCUT2D eigenvalue weighted by molar-refractivity contribution is -0.308. The summed E-state index contributed by atoms with van der Waals surface area (Å²) in [6, 6.07) is 6.36. The number of hydrogen-bond donors (Lipinski definition) is 5. The van der Waals surface area contributed by atoms with Gasteiger partial charge in [-0.15, -0.1) is 16.9 Å². The van der Waals surface area contributed by atoms with E-state index in [0.717, 1.165) is 10.5 Å². The van der Waals surface area contributed by atoms with Crippen LogP contribution in [0.3, 0.4) is 0 Å². The van der Waals surface area contributed by atoms with E-state index >= 15 is 0 Å². The summed E-state index contributed by atoms with van der Waals surface area (Å²) in [4.78, 5) is 19.7. The molecule has 73 heavy (non-hydrogen) atoms. The van der Waals surface area contributed by atoms with Crippen LogP contribution >= 0.6 is 11.8 Å². The number of methoxy groups -OCH3 is 2. The van der Waals surface area contributed by atoms with E-state index in [1.807, 2.05) is 71.0 Å². The van der Waals surface area contributed by atoms with Gasteiger partial charge < -0.3 is 68.5 Å². The first-order valence-electron chi connectivity index (χ1n) is 26.3. The number of alkyl halides is 1. The van der Waals surface area contributed by atoms with E-state index in [9.17, 15) is 34.7 Å². The molecule has 19 atom stereocenters. The smallest absolute Gasteiger partial charge is 0.311 e. The number of thioether (sulfide) groups is 1. The summed E-state index contributed by atoms with van der Waals surface area (Å²) in [7, 11) is 6.96. The number of likely N-dealkylation sites (N-methyl/N-ethyl adjacent to an activating group) is 2. The lowest BCUT2D eigenvalue weighted by Crippen LogP contribution is -2.59. The van der Waals surface area contributed by atoms with Crippen LogP contribution < -0.4 is 0 Å². The number of halogens is 1. The predicted molar refractivity (Wildman–Crippen MR) is 274 cm³/mol. The van der Waals surface area contributed by atoms with Gasteiger partial charge >= 0.3 is 5.97 Å². The molecule has 4 heterocycles. The molecule has 5 N–H and O–H groups in total. The summed E-state index contributed by atoms with van der Waals surface area (Å²) >= 11 is 1.53. The van der Waals surface area contributed by atoms with Gasteiger partial charge in [-0.25, -0.2) is 9.07 Å². The van der Waals surface area contributed by atoms with E-state index < -0.39 is 109 Å². The highest BCUT2D eigenvalue weighted by molar-refractivity contribution is 7.99. The monoisotopic (exact) mass is 1060 g/mol. The zero-order valence-corrected chi connectivity index (χ0v) is 46.7. The number of esters is 1. The largest absolute Gasteiger partial charge is 0.459 e. The van der Waals surface area contributed by atoms with Crippen LogP contribution in [0.1, 0.15) is 125 Å². The van der Waals surface area contributed by atoms with Gasteiger partial charge in [-0.05, 0) is 105 Å². The molecule has 1 aromatic heterocycles. The van der Waals surface area contributed by atoms with Crippen LogP contribution in [0.15, 0.2) is 35.4 Å². The Morgan fingerprint density at radius 3 is 2.27 bits per heavy atom. The normalized spacial score (nSPS) is 38.6. The minimum Gasteiger partial charge on any atom is -0.459 e. The number of carbonyl (C=O) groups is 1. The van der Waals surface area contributed by atoms with E-state index in [1.54, 1.807) is 47.9 Å². The van der Waals surface area contributed by atoms with Gasteiger partial charge in [0.15, 0.2) is 12.6 Å². The van der Waals surface area contributed by atoms with Crippen molar-refractivity contribution in [3.63, 3.8) is 0 Å². The molecule has 418 valence electrons. The molecule has 0 spiro atoms. The second-order valence-corrected chi connectivity index (χ2v) is 23.2. The zero-order valence-electron chi connectivity index (χ0n) is 45.9. The van der Waals surface area contributed by atoms with Crippen LogP contribution in [0.25, 0.3) is 0 Å². The van der Waals surface area contributed by atoms with Crippen molar-refractivity contribution in [2.75, 3.05) is 60.4 Å². The van der Waals surface area contributed by atoms with Gasteiger partial charge in [-0.3, -0.25) is 4.79 Å². The van der Waals surface area contributed by atoms with Crippen molar-refractivity contribution in [1.29, 1.82) is 0 Å². The fraction of sp³-hybridized carbons (Fsp3) is 0.830. The Labute approximate surface area is 437 Å². The number of hydrogen-bond acceptors (Lipinski definition) is 18. The maximum atomic E-state index is 14.8. The summed E-state index contributed by atoms with van der Waals surface area (Å²) in [5, 5.41) is 65.5. The molecular formula is C53H90FN5O13S. The number of nitrogens with zero attached hydrogens (tertiary/aromatic N) is 5. The Morgan fingerprint density at radius 1 is 0.973 bits per heavy atom. The zero-order chi connectivity index (χ0) is 54.2. The molecule has 3 aliphatic rings. The number of rotatable bonds is 18. The minimum absolute atomic E-state index is 0.0169. The van der Waals surface area contributed by atoms with Gasteiger partial charge in [-0.2, -0.15) is 0 Å². The Bertz CT molecular complexity index is 1990. The summed E-state index contributed by atoms with van der Waals surface area (Å²) in [6.45, 7) is 18.3. The molecule has 20 heteroatoms. The number of ether oxygens (including phenoxy) is 7. The van der Waals surface area contributed by atoms with Gasteiger partial charge in [0, 0.05) is 81.4 Å². The first-order chi connectivity index (χ1) is 34.3. The second-order valence-electron chi connectivity index (χ2n) is 22.0. The molecule has 0 amide bonds. The highest BCUT2D eigenvalue weighted by atomic mass is 32.2. The predicted octanol–water partition coefficient (Wildman–Crippen LogP) is 5.12. The van der Waals surface area contributed by atoms with Crippen LogP contribution in [-0.2, 0) is 44.4 Å². The maximum Gasteiger partial charge on any atom is 0.311 e. The number of aliphatic hydroxyl groups is 5. The van der Waals surface area contributed by atoms with E-state index in [0.29, 0.717) is 43.8 Å². The fourth-order valence-electron chi connectivity index (χ4n) is 11.4. The third-order valence-electron chi connectivity index (χ3n) is 16.0. The number of benzene rings is 1. The van der Waals surface area contributed by atoms with Crippen molar-refractivity contribution in [2.45, 2.75) is 209 Å². The van der Waals surface area contributed by atoms with Crippen molar-refractivity contribution < 1.29 is 67.9 Å². The molecule has 18 nitrogen and oxygen atoms in total. The summed E-state index contributed by atoms with van der Waals surface area (Å²) in [6.07, 6.45) is -4.59. The quantitative estimate of drug-likeness (QED) is 0.0967. The number of cyclic esters (lactones) is 1. The van der Waals surface area contributed by atoms with Gasteiger partial charge in [0.1, 0.15) is 42.7 Å². The highest BCUT2D eigenvalue weighted by Gasteiger charge is 2.52. The molecule has 0 bridgehead atoms. The molecule has 3 saturated heterocycles. The standard InChI is InChI=1S/C53H90FN5O13S/c1-15-42-53(10,65)47(61)35(6)58(12)29-31(2)26-51(8,64)49(33(4)45(34(5)50(63)70-42)71-44-27-52(9,67-14)48(62)36(7)69-44)72-43-25-39(24-32(3)68-43)57(11)21-20-38-30-59(56-55-38)41(28-54)46(66-13)37-16-18-40(19-17-37)73-23-22-60/h16-19,30-36,39,41-49,60-62,64-65H,15,20-29H2,1-14H3/t31-,32-,33+,34-,35-,36+,39+,41-,42-,43+,44+,45+,46-,47-,48+,49-,51-,52-,53-/m1/s1. The molecule has 0 aliphatic carbocycles. The lowest BCUT2D eigenvalue weighted by atomic mass is 9.77. The highest BCUT2D eigenvalue weighted by Crippen LogP contribution is 2.41.